The van der Waals surface area contributed by atoms with Gasteiger partial charge in [0.2, 0.25) is 10.0 Å². The van der Waals surface area contributed by atoms with Gasteiger partial charge in [0.25, 0.3) is 0 Å². The smallest absolute Gasteiger partial charge is 0.207 e. The fourth-order valence-electron chi connectivity index (χ4n) is 3.04. The number of halogens is 1. The summed E-state index contributed by atoms with van der Waals surface area (Å²) in [7, 11) is -3.29. The molecule has 2 heterocycles. The van der Waals surface area contributed by atoms with Crippen molar-refractivity contribution in [3.05, 3.63) is 39.5 Å². The molecule has 1 aliphatic carbocycles. The first kappa shape index (κ1) is 15.5. The minimum absolute atomic E-state index is 0.421. The standard InChI is InChI=1S/C15H18BrNO2S2/c16-15-4-2-1-3-14(15)12-5-8-17(9-6-12)21(18,19)13-7-10-20-11-13/h1,3-4,7,10-12,14H,2,5-6,8-9H2. The van der Waals surface area contributed by atoms with Gasteiger partial charge in [-0.1, -0.05) is 34.2 Å². The average molecular weight is 388 g/mol. The van der Waals surface area contributed by atoms with Gasteiger partial charge < -0.3 is 0 Å². The molecular formula is C15H18BrNO2S2. The van der Waals surface area contributed by atoms with Crippen LogP contribution in [0.1, 0.15) is 19.3 Å². The highest BCUT2D eigenvalue weighted by molar-refractivity contribution is 9.11. The SMILES string of the molecule is O=S(=O)(c1ccsc1)N1CCC(C2C=CCC=C2Br)CC1. The maximum Gasteiger partial charge on any atom is 0.243 e. The second-order valence-electron chi connectivity index (χ2n) is 5.48. The van der Waals surface area contributed by atoms with Gasteiger partial charge in [-0.2, -0.15) is 15.6 Å². The Balaban J connectivity index is 1.67. The van der Waals surface area contributed by atoms with Crippen molar-refractivity contribution in [1.82, 2.24) is 4.31 Å². The molecule has 1 aliphatic heterocycles. The fraction of sp³-hybridized carbons (Fsp3) is 0.467. The molecule has 1 aromatic heterocycles. The van der Waals surface area contributed by atoms with E-state index in [-0.39, 0.29) is 0 Å². The lowest BCUT2D eigenvalue weighted by molar-refractivity contribution is 0.249. The van der Waals surface area contributed by atoms with E-state index in [1.807, 2.05) is 5.38 Å². The lowest BCUT2D eigenvalue weighted by Gasteiger charge is -2.35. The van der Waals surface area contributed by atoms with Crippen molar-refractivity contribution in [3.63, 3.8) is 0 Å². The second kappa shape index (κ2) is 6.36. The number of hydrogen-bond donors (Lipinski definition) is 0. The van der Waals surface area contributed by atoms with E-state index in [1.165, 1.54) is 15.8 Å². The molecule has 1 aromatic rings. The zero-order chi connectivity index (χ0) is 14.9. The van der Waals surface area contributed by atoms with Crippen LogP contribution in [0.5, 0.6) is 0 Å². The highest BCUT2D eigenvalue weighted by Crippen LogP contribution is 2.37. The predicted octanol–water partition coefficient (Wildman–Crippen LogP) is 4.00. The lowest BCUT2D eigenvalue weighted by atomic mass is 9.83. The fourth-order valence-corrected chi connectivity index (χ4v) is 6.24. The Labute approximate surface area is 138 Å². The molecule has 6 heteroatoms. The molecule has 1 unspecified atom stereocenters. The van der Waals surface area contributed by atoms with Crippen LogP contribution in [0.15, 0.2) is 44.4 Å². The van der Waals surface area contributed by atoms with Gasteiger partial charge in [-0.15, -0.1) is 0 Å². The van der Waals surface area contributed by atoms with E-state index in [9.17, 15) is 8.42 Å². The van der Waals surface area contributed by atoms with E-state index >= 15 is 0 Å². The number of sulfonamides is 1. The molecule has 0 bridgehead atoms. The lowest BCUT2D eigenvalue weighted by Crippen LogP contribution is -2.39. The van der Waals surface area contributed by atoms with Gasteiger partial charge in [0.05, 0.1) is 4.90 Å². The zero-order valence-electron chi connectivity index (χ0n) is 11.6. The summed E-state index contributed by atoms with van der Waals surface area (Å²) >= 11 is 5.08. The first-order valence-electron chi connectivity index (χ1n) is 7.13. The number of hydrogen-bond acceptors (Lipinski definition) is 3. The molecule has 0 amide bonds. The van der Waals surface area contributed by atoms with Crippen LogP contribution in [0, 0.1) is 11.8 Å². The first-order chi connectivity index (χ1) is 10.1. The van der Waals surface area contributed by atoms with Crippen LogP contribution in [0.3, 0.4) is 0 Å². The highest BCUT2D eigenvalue weighted by atomic mass is 79.9. The summed E-state index contributed by atoms with van der Waals surface area (Å²) in [6.45, 7) is 1.24. The molecule has 21 heavy (non-hydrogen) atoms. The van der Waals surface area contributed by atoms with Gasteiger partial charge in [-0.05, 0) is 41.1 Å². The van der Waals surface area contributed by atoms with Crippen molar-refractivity contribution in [2.75, 3.05) is 13.1 Å². The van der Waals surface area contributed by atoms with E-state index in [0.29, 0.717) is 29.8 Å². The quantitative estimate of drug-likeness (QED) is 0.734. The van der Waals surface area contributed by atoms with Crippen LogP contribution < -0.4 is 0 Å². The van der Waals surface area contributed by atoms with Gasteiger partial charge in [0.1, 0.15) is 0 Å². The third-order valence-corrected chi connectivity index (χ3v) is 7.83. The normalized spacial score (nSPS) is 25.0. The molecule has 0 saturated carbocycles. The molecular weight excluding hydrogens is 370 g/mol. The van der Waals surface area contributed by atoms with Gasteiger partial charge in [-0.25, -0.2) is 8.42 Å². The molecule has 2 aliphatic rings. The van der Waals surface area contributed by atoms with E-state index in [2.05, 4.69) is 34.2 Å². The molecule has 0 aromatic carbocycles. The van der Waals surface area contributed by atoms with Gasteiger partial charge in [0, 0.05) is 24.4 Å². The van der Waals surface area contributed by atoms with Gasteiger partial charge in [-0.3, -0.25) is 0 Å². The van der Waals surface area contributed by atoms with E-state index in [1.54, 1.807) is 15.8 Å². The predicted molar refractivity (Wildman–Crippen MR) is 90.1 cm³/mol. The Morgan fingerprint density at radius 1 is 1.29 bits per heavy atom. The van der Waals surface area contributed by atoms with Crippen molar-refractivity contribution in [2.24, 2.45) is 11.8 Å². The minimum atomic E-state index is -3.29. The molecule has 1 fully saturated rings. The third-order valence-electron chi connectivity index (χ3n) is 4.25. The molecule has 3 rings (SSSR count). The number of nitrogens with zero attached hydrogens (tertiary/aromatic N) is 1. The third kappa shape index (κ3) is 3.18. The largest absolute Gasteiger partial charge is 0.243 e. The van der Waals surface area contributed by atoms with Gasteiger partial charge >= 0.3 is 0 Å². The number of thiophene rings is 1. The summed E-state index contributed by atoms with van der Waals surface area (Å²) < 4.78 is 27.9. The van der Waals surface area contributed by atoms with E-state index in [0.717, 1.165) is 19.3 Å². The highest BCUT2D eigenvalue weighted by Gasteiger charge is 2.33. The number of piperidine rings is 1. The monoisotopic (exact) mass is 387 g/mol. The van der Waals surface area contributed by atoms with Crippen LogP contribution in [0.25, 0.3) is 0 Å². The van der Waals surface area contributed by atoms with E-state index in [4.69, 9.17) is 0 Å². The maximum atomic E-state index is 12.5. The summed E-state index contributed by atoms with van der Waals surface area (Å²) in [6, 6.07) is 1.69. The molecule has 1 saturated heterocycles. The average Bonchev–Trinajstić information content (AvgIpc) is 3.03. The molecule has 0 spiro atoms. The Kier molecular flexibility index (Phi) is 4.69. The number of rotatable bonds is 3. The van der Waals surface area contributed by atoms with E-state index < -0.39 is 10.0 Å². The molecule has 0 radical (unpaired) electrons. The van der Waals surface area contributed by atoms with Crippen molar-refractivity contribution in [3.8, 4) is 0 Å². The summed E-state index contributed by atoms with van der Waals surface area (Å²) in [5.41, 5.74) is 0. The van der Waals surface area contributed by atoms with Crippen LogP contribution in [-0.2, 0) is 10.0 Å². The van der Waals surface area contributed by atoms with Crippen molar-refractivity contribution in [1.29, 1.82) is 0 Å². The molecule has 0 N–H and O–H groups in total. The summed E-state index contributed by atoms with van der Waals surface area (Å²) in [5, 5.41) is 3.53. The maximum absolute atomic E-state index is 12.5. The minimum Gasteiger partial charge on any atom is -0.207 e. The Hall–Kier alpha value is -0.430. The van der Waals surface area contributed by atoms with Crippen LogP contribution in [-0.4, -0.2) is 25.8 Å². The Bertz CT molecular complexity index is 641. The first-order valence-corrected chi connectivity index (χ1v) is 10.3. The van der Waals surface area contributed by atoms with Gasteiger partial charge in [0.15, 0.2) is 0 Å². The molecule has 114 valence electrons. The van der Waals surface area contributed by atoms with Crippen molar-refractivity contribution in [2.45, 2.75) is 24.2 Å². The molecule has 3 nitrogen and oxygen atoms in total. The summed E-state index contributed by atoms with van der Waals surface area (Å²) in [4.78, 5) is 0.435. The van der Waals surface area contributed by atoms with Crippen molar-refractivity contribution >= 4 is 37.3 Å². The number of allylic oxidation sites excluding steroid dienone is 4. The van der Waals surface area contributed by atoms with Crippen molar-refractivity contribution < 1.29 is 8.42 Å². The Morgan fingerprint density at radius 2 is 2.05 bits per heavy atom. The van der Waals surface area contributed by atoms with Crippen LogP contribution >= 0.6 is 27.3 Å². The molecule has 1 atom stereocenters. The van der Waals surface area contributed by atoms with Crippen LogP contribution in [0.4, 0.5) is 0 Å². The zero-order valence-corrected chi connectivity index (χ0v) is 14.8. The van der Waals surface area contributed by atoms with Crippen LogP contribution in [0.2, 0.25) is 0 Å². The summed E-state index contributed by atoms with van der Waals surface area (Å²) in [6.07, 6.45) is 9.49. The summed E-state index contributed by atoms with van der Waals surface area (Å²) in [5.74, 6) is 0.950. The topological polar surface area (TPSA) is 37.4 Å². The second-order valence-corrected chi connectivity index (χ2v) is 9.11. The Morgan fingerprint density at radius 3 is 2.67 bits per heavy atom.